The van der Waals surface area contributed by atoms with Crippen molar-refractivity contribution in [1.29, 1.82) is 0 Å². The Hall–Kier alpha value is -2.64. The molecule has 0 saturated heterocycles. The number of pyridine rings is 1. The second-order valence-electron chi connectivity index (χ2n) is 5.33. The minimum absolute atomic E-state index is 0.0527. The van der Waals surface area contributed by atoms with Crippen molar-refractivity contribution in [3.63, 3.8) is 0 Å². The Balaban J connectivity index is 2.01. The van der Waals surface area contributed by atoms with Crippen molar-refractivity contribution in [1.82, 2.24) is 14.8 Å². The first-order valence-corrected chi connectivity index (χ1v) is 7.04. The summed E-state index contributed by atoms with van der Waals surface area (Å²) in [5, 5.41) is 3.93. The second kappa shape index (κ2) is 5.77. The smallest absolute Gasteiger partial charge is 0.417 e. The van der Waals surface area contributed by atoms with Gasteiger partial charge in [-0.3, -0.25) is 4.68 Å². The van der Waals surface area contributed by atoms with Gasteiger partial charge in [0.1, 0.15) is 12.4 Å². The van der Waals surface area contributed by atoms with E-state index in [0.717, 1.165) is 6.07 Å². The van der Waals surface area contributed by atoms with Crippen LogP contribution in [0.25, 0.3) is 11.0 Å². The van der Waals surface area contributed by atoms with Crippen molar-refractivity contribution >= 4 is 11.0 Å². The van der Waals surface area contributed by atoms with E-state index in [1.807, 2.05) is 0 Å². The van der Waals surface area contributed by atoms with Gasteiger partial charge < -0.3 is 4.74 Å². The molecule has 126 valence electrons. The summed E-state index contributed by atoms with van der Waals surface area (Å²) in [5.41, 5.74) is -0.0421. The van der Waals surface area contributed by atoms with Gasteiger partial charge in [0, 0.05) is 13.1 Å². The van der Waals surface area contributed by atoms with E-state index < -0.39 is 17.6 Å². The molecule has 4 nitrogen and oxygen atoms in total. The summed E-state index contributed by atoms with van der Waals surface area (Å²) in [6, 6.07) is 6.47. The van der Waals surface area contributed by atoms with Gasteiger partial charge in [-0.05, 0) is 24.6 Å². The molecule has 0 bridgehead atoms. The molecule has 0 fully saturated rings. The third kappa shape index (κ3) is 3.04. The van der Waals surface area contributed by atoms with Crippen molar-refractivity contribution in [2.24, 2.45) is 7.05 Å². The molecular formula is C16H13F4N3O. The highest BCUT2D eigenvalue weighted by molar-refractivity contribution is 5.83. The number of alkyl halides is 3. The molecule has 0 atom stereocenters. The highest BCUT2D eigenvalue weighted by atomic mass is 19.4. The van der Waals surface area contributed by atoms with E-state index in [1.165, 1.54) is 36.9 Å². The van der Waals surface area contributed by atoms with Crippen LogP contribution in [0.4, 0.5) is 17.6 Å². The maximum Gasteiger partial charge on any atom is 0.417 e. The third-order valence-corrected chi connectivity index (χ3v) is 3.53. The fourth-order valence-electron chi connectivity index (χ4n) is 2.50. The lowest BCUT2D eigenvalue weighted by molar-refractivity contribution is -0.136. The number of hydrogen-bond acceptors (Lipinski definition) is 3. The van der Waals surface area contributed by atoms with Crippen LogP contribution in [0.2, 0.25) is 0 Å². The predicted octanol–water partition coefficient (Wildman–Crippen LogP) is 4.01. The normalized spacial score (nSPS) is 11.9. The molecule has 1 aromatic carbocycles. The SMILES string of the molecule is Cc1nn(C)c2nc(OCc3cccc(F)c3)cc(C(F)(F)F)c12. The van der Waals surface area contributed by atoms with Crippen LogP contribution in [-0.4, -0.2) is 14.8 Å². The van der Waals surface area contributed by atoms with Gasteiger partial charge in [-0.25, -0.2) is 4.39 Å². The summed E-state index contributed by atoms with van der Waals surface area (Å²) in [6.45, 7) is 1.40. The van der Waals surface area contributed by atoms with Gasteiger partial charge in [-0.15, -0.1) is 0 Å². The van der Waals surface area contributed by atoms with Crippen LogP contribution in [0.3, 0.4) is 0 Å². The molecule has 0 saturated carbocycles. The molecule has 24 heavy (non-hydrogen) atoms. The van der Waals surface area contributed by atoms with E-state index in [1.54, 1.807) is 6.07 Å². The molecule has 0 aliphatic heterocycles. The number of fused-ring (bicyclic) bond motifs is 1. The molecule has 3 rings (SSSR count). The van der Waals surface area contributed by atoms with E-state index in [2.05, 4.69) is 10.1 Å². The Kier molecular flexibility index (Phi) is 3.90. The van der Waals surface area contributed by atoms with Crippen molar-refractivity contribution in [3.8, 4) is 5.88 Å². The number of aromatic nitrogens is 3. The van der Waals surface area contributed by atoms with Crippen LogP contribution in [-0.2, 0) is 19.8 Å². The van der Waals surface area contributed by atoms with E-state index in [9.17, 15) is 17.6 Å². The molecule has 0 aliphatic rings. The van der Waals surface area contributed by atoms with Gasteiger partial charge in [0.25, 0.3) is 0 Å². The van der Waals surface area contributed by atoms with Gasteiger partial charge in [0.05, 0.1) is 16.6 Å². The minimum Gasteiger partial charge on any atom is -0.473 e. The highest BCUT2D eigenvalue weighted by Crippen LogP contribution is 2.37. The summed E-state index contributed by atoms with van der Waals surface area (Å²) in [7, 11) is 1.51. The zero-order valence-corrected chi connectivity index (χ0v) is 12.9. The van der Waals surface area contributed by atoms with E-state index in [4.69, 9.17) is 4.74 Å². The van der Waals surface area contributed by atoms with Gasteiger partial charge in [-0.2, -0.15) is 23.3 Å². The molecular weight excluding hydrogens is 326 g/mol. The number of ether oxygens (including phenoxy) is 1. The molecule has 0 N–H and O–H groups in total. The maximum atomic E-state index is 13.3. The molecule has 0 radical (unpaired) electrons. The van der Waals surface area contributed by atoms with Gasteiger partial charge in [0.2, 0.25) is 5.88 Å². The summed E-state index contributed by atoms with van der Waals surface area (Å²) in [5.74, 6) is -0.639. The van der Waals surface area contributed by atoms with Gasteiger partial charge >= 0.3 is 6.18 Å². The summed E-state index contributed by atoms with van der Waals surface area (Å²) >= 11 is 0. The van der Waals surface area contributed by atoms with E-state index in [0.29, 0.717) is 5.56 Å². The highest BCUT2D eigenvalue weighted by Gasteiger charge is 2.35. The van der Waals surface area contributed by atoms with E-state index >= 15 is 0 Å². The topological polar surface area (TPSA) is 39.9 Å². The first kappa shape index (κ1) is 16.2. The molecule has 0 amide bonds. The summed E-state index contributed by atoms with van der Waals surface area (Å²) in [6.07, 6.45) is -4.56. The number of benzene rings is 1. The monoisotopic (exact) mass is 339 g/mol. The lowest BCUT2D eigenvalue weighted by atomic mass is 10.1. The fourth-order valence-corrected chi connectivity index (χ4v) is 2.50. The molecule has 0 unspecified atom stereocenters. The fraction of sp³-hybridized carbons (Fsp3) is 0.250. The Morgan fingerprint density at radius 3 is 2.62 bits per heavy atom. The molecule has 0 spiro atoms. The quantitative estimate of drug-likeness (QED) is 0.677. The number of hydrogen-bond donors (Lipinski definition) is 0. The zero-order valence-electron chi connectivity index (χ0n) is 12.9. The number of rotatable bonds is 3. The molecule has 2 heterocycles. The summed E-state index contributed by atoms with van der Waals surface area (Å²) < 4.78 is 59.8. The average Bonchev–Trinajstić information content (AvgIpc) is 2.78. The van der Waals surface area contributed by atoms with Crippen LogP contribution in [0.5, 0.6) is 5.88 Å². The molecule has 2 aromatic heterocycles. The predicted molar refractivity (Wildman–Crippen MR) is 79.0 cm³/mol. The first-order chi connectivity index (χ1) is 11.3. The lowest BCUT2D eigenvalue weighted by Gasteiger charge is -2.12. The Labute approximate surface area is 134 Å². The van der Waals surface area contributed by atoms with Crippen LogP contribution >= 0.6 is 0 Å². The zero-order chi connectivity index (χ0) is 17.5. The van der Waals surface area contributed by atoms with Gasteiger partial charge in [-0.1, -0.05) is 12.1 Å². The Bertz CT molecular complexity index is 902. The number of aryl methyl sites for hydroxylation is 2. The Morgan fingerprint density at radius 1 is 1.21 bits per heavy atom. The van der Waals surface area contributed by atoms with Crippen LogP contribution in [0.1, 0.15) is 16.8 Å². The van der Waals surface area contributed by atoms with E-state index in [-0.39, 0.29) is 29.2 Å². The van der Waals surface area contributed by atoms with Crippen molar-refractivity contribution < 1.29 is 22.3 Å². The molecule has 3 aromatic rings. The minimum atomic E-state index is -4.56. The first-order valence-electron chi connectivity index (χ1n) is 7.04. The molecule has 8 heteroatoms. The van der Waals surface area contributed by atoms with Crippen LogP contribution in [0, 0.1) is 12.7 Å². The molecule has 0 aliphatic carbocycles. The van der Waals surface area contributed by atoms with Crippen molar-refractivity contribution in [3.05, 3.63) is 53.0 Å². The number of nitrogens with zero attached hydrogens (tertiary/aromatic N) is 3. The number of halogens is 4. The van der Waals surface area contributed by atoms with Crippen molar-refractivity contribution in [2.75, 3.05) is 0 Å². The summed E-state index contributed by atoms with van der Waals surface area (Å²) in [4.78, 5) is 4.09. The second-order valence-corrected chi connectivity index (χ2v) is 5.33. The Morgan fingerprint density at radius 2 is 1.96 bits per heavy atom. The lowest BCUT2D eigenvalue weighted by Crippen LogP contribution is -2.08. The standard InChI is InChI=1S/C16H13F4N3O/c1-9-14-12(16(18,19)20)7-13(21-15(14)23(2)22-9)24-8-10-4-3-5-11(17)6-10/h3-7H,8H2,1-2H3. The largest absolute Gasteiger partial charge is 0.473 e. The average molecular weight is 339 g/mol. The van der Waals surface area contributed by atoms with Crippen LogP contribution < -0.4 is 4.74 Å². The van der Waals surface area contributed by atoms with Crippen molar-refractivity contribution in [2.45, 2.75) is 19.7 Å². The maximum absolute atomic E-state index is 13.3. The third-order valence-electron chi connectivity index (χ3n) is 3.53. The van der Waals surface area contributed by atoms with Crippen LogP contribution in [0.15, 0.2) is 30.3 Å². The van der Waals surface area contributed by atoms with Gasteiger partial charge in [0.15, 0.2) is 5.65 Å².